The van der Waals surface area contributed by atoms with Crippen LogP contribution in [0.2, 0.25) is 0 Å². The van der Waals surface area contributed by atoms with Crippen molar-refractivity contribution in [3.05, 3.63) is 0 Å². The maximum absolute atomic E-state index is 4.38. The van der Waals surface area contributed by atoms with Crippen molar-refractivity contribution in [3.8, 4) is 0 Å². The van der Waals surface area contributed by atoms with Crippen LogP contribution in [0.3, 0.4) is 0 Å². The molecule has 5 heteroatoms. The Morgan fingerprint density at radius 1 is 1.53 bits per heavy atom. The van der Waals surface area contributed by atoms with Crippen molar-refractivity contribution in [2.75, 3.05) is 52.3 Å². The van der Waals surface area contributed by atoms with Gasteiger partial charge in [0.2, 0.25) is 0 Å². The van der Waals surface area contributed by atoms with Gasteiger partial charge in [-0.15, -0.1) is 0 Å². The van der Waals surface area contributed by atoms with Crippen molar-refractivity contribution < 1.29 is 0 Å². The Morgan fingerprint density at radius 3 is 2.95 bits per heavy atom. The predicted molar refractivity (Wildman–Crippen MR) is 87.3 cm³/mol. The van der Waals surface area contributed by atoms with Crippen LogP contribution in [0.25, 0.3) is 0 Å². The van der Waals surface area contributed by atoms with Crippen LogP contribution >= 0.6 is 11.8 Å². The monoisotopic (exact) mass is 286 g/mol. The zero-order valence-electron chi connectivity index (χ0n) is 13.0. The molecule has 1 aliphatic heterocycles. The highest BCUT2D eigenvalue weighted by Gasteiger charge is 2.24. The molecule has 0 aromatic heterocycles. The number of rotatable bonds is 7. The first-order valence-corrected chi connectivity index (χ1v) is 8.77. The molecular weight excluding hydrogens is 256 g/mol. The van der Waals surface area contributed by atoms with Crippen LogP contribution in [0.15, 0.2) is 4.99 Å². The standard InChI is InChI=1S/C14H30N4S/c1-5-18-10-6-8-13(18)12-17(3)14(15-2)16-9-7-11-19-4/h13H,5-12H2,1-4H3,(H,15,16). The first-order chi connectivity index (χ1) is 9.22. The molecular formula is C14H30N4S. The summed E-state index contributed by atoms with van der Waals surface area (Å²) in [6.45, 7) is 6.77. The van der Waals surface area contributed by atoms with Gasteiger partial charge in [-0.2, -0.15) is 11.8 Å². The maximum atomic E-state index is 4.38. The number of hydrogen-bond donors (Lipinski definition) is 1. The predicted octanol–water partition coefficient (Wildman–Crippen LogP) is 1.73. The first-order valence-electron chi connectivity index (χ1n) is 7.37. The van der Waals surface area contributed by atoms with Crippen molar-refractivity contribution in [2.24, 2.45) is 4.99 Å². The fourth-order valence-corrected chi connectivity index (χ4v) is 3.16. The highest BCUT2D eigenvalue weighted by molar-refractivity contribution is 7.98. The van der Waals surface area contributed by atoms with Gasteiger partial charge in [-0.05, 0) is 44.4 Å². The SMILES string of the molecule is CCN1CCCC1CN(C)C(=NC)NCCCSC. The van der Waals surface area contributed by atoms with Gasteiger partial charge in [0, 0.05) is 33.2 Å². The molecule has 0 saturated carbocycles. The molecule has 1 aliphatic rings. The van der Waals surface area contributed by atoms with Gasteiger partial charge >= 0.3 is 0 Å². The second-order valence-electron chi connectivity index (χ2n) is 5.13. The molecule has 0 aromatic carbocycles. The van der Waals surface area contributed by atoms with E-state index >= 15 is 0 Å². The summed E-state index contributed by atoms with van der Waals surface area (Å²) in [6, 6.07) is 0.694. The van der Waals surface area contributed by atoms with E-state index in [-0.39, 0.29) is 0 Å². The minimum atomic E-state index is 0.694. The number of thioether (sulfide) groups is 1. The zero-order valence-corrected chi connectivity index (χ0v) is 13.8. The Labute approximate surface area is 123 Å². The lowest BCUT2D eigenvalue weighted by Gasteiger charge is -2.29. The molecule has 1 heterocycles. The first kappa shape index (κ1) is 16.6. The molecule has 0 amide bonds. The van der Waals surface area contributed by atoms with E-state index in [9.17, 15) is 0 Å². The Balaban J connectivity index is 2.34. The van der Waals surface area contributed by atoms with Crippen LogP contribution in [0.5, 0.6) is 0 Å². The number of guanidine groups is 1. The average molecular weight is 286 g/mol. The van der Waals surface area contributed by atoms with E-state index in [1.165, 1.54) is 31.6 Å². The molecule has 1 atom stereocenters. The van der Waals surface area contributed by atoms with Crippen molar-refractivity contribution in [1.29, 1.82) is 0 Å². The van der Waals surface area contributed by atoms with Crippen molar-refractivity contribution >= 4 is 17.7 Å². The van der Waals surface area contributed by atoms with Gasteiger partial charge in [-0.1, -0.05) is 6.92 Å². The van der Waals surface area contributed by atoms with E-state index in [0.29, 0.717) is 6.04 Å². The van der Waals surface area contributed by atoms with Crippen LogP contribution < -0.4 is 5.32 Å². The number of likely N-dealkylation sites (tertiary alicyclic amines) is 1. The molecule has 0 radical (unpaired) electrons. The molecule has 1 unspecified atom stereocenters. The summed E-state index contributed by atoms with van der Waals surface area (Å²) in [5, 5.41) is 3.45. The zero-order chi connectivity index (χ0) is 14.1. The van der Waals surface area contributed by atoms with Crippen molar-refractivity contribution in [1.82, 2.24) is 15.1 Å². The fraction of sp³-hybridized carbons (Fsp3) is 0.929. The molecule has 1 N–H and O–H groups in total. The van der Waals surface area contributed by atoms with Crippen LogP contribution in [0.1, 0.15) is 26.2 Å². The third-order valence-corrected chi connectivity index (χ3v) is 4.47. The summed E-state index contributed by atoms with van der Waals surface area (Å²) in [7, 11) is 4.02. The normalized spacial score (nSPS) is 20.8. The lowest BCUT2D eigenvalue weighted by Crippen LogP contribution is -2.46. The van der Waals surface area contributed by atoms with Crippen LogP contribution in [-0.4, -0.2) is 74.1 Å². The van der Waals surface area contributed by atoms with Crippen LogP contribution in [0.4, 0.5) is 0 Å². The quantitative estimate of drug-likeness (QED) is 0.439. The number of likely N-dealkylation sites (N-methyl/N-ethyl adjacent to an activating group) is 2. The fourth-order valence-electron chi connectivity index (χ4n) is 2.72. The lowest BCUT2D eigenvalue weighted by atomic mass is 10.2. The molecule has 0 aromatic rings. The molecule has 19 heavy (non-hydrogen) atoms. The van der Waals surface area contributed by atoms with Gasteiger partial charge in [-0.25, -0.2) is 0 Å². The van der Waals surface area contributed by atoms with Gasteiger partial charge in [0.25, 0.3) is 0 Å². The van der Waals surface area contributed by atoms with Gasteiger partial charge in [0.15, 0.2) is 5.96 Å². The van der Waals surface area contributed by atoms with E-state index in [1.54, 1.807) is 0 Å². The van der Waals surface area contributed by atoms with Crippen LogP contribution in [0, 0.1) is 0 Å². The van der Waals surface area contributed by atoms with E-state index in [1.807, 2.05) is 18.8 Å². The second kappa shape index (κ2) is 9.48. The summed E-state index contributed by atoms with van der Waals surface area (Å²) in [5.74, 6) is 2.24. The van der Waals surface area contributed by atoms with E-state index in [0.717, 1.165) is 25.6 Å². The minimum Gasteiger partial charge on any atom is -0.356 e. The number of nitrogens with one attached hydrogen (secondary N) is 1. The molecule has 4 nitrogen and oxygen atoms in total. The Morgan fingerprint density at radius 2 is 2.32 bits per heavy atom. The maximum Gasteiger partial charge on any atom is 0.193 e. The highest BCUT2D eigenvalue weighted by Crippen LogP contribution is 2.17. The summed E-state index contributed by atoms with van der Waals surface area (Å²) in [6.07, 6.45) is 6.01. The average Bonchev–Trinajstić information content (AvgIpc) is 2.86. The van der Waals surface area contributed by atoms with Crippen molar-refractivity contribution in [2.45, 2.75) is 32.2 Å². The Bertz CT molecular complexity index is 270. The molecule has 0 bridgehead atoms. The number of nitrogens with zero attached hydrogens (tertiary/aromatic N) is 3. The van der Waals surface area contributed by atoms with E-state index in [2.05, 4.69) is 40.3 Å². The van der Waals surface area contributed by atoms with Gasteiger partial charge in [-0.3, -0.25) is 9.89 Å². The van der Waals surface area contributed by atoms with Gasteiger partial charge < -0.3 is 10.2 Å². The minimum absolute atomic E-state index is 0.694. The second-order valence-corrected chi connectivity index (χ2v) is 6.11. The van der Waals surface area contributed by atoms with Crippen LogP contribution in [-0.2, 0) is 0 Å². The molecule has 1 saturated heterocycles. The Kier molecular flexibility index (Phi) is 8.30. The summed E-state index contributed by atoms with van der Waals surface area (Å²) in [5.41, 5.74) is 0. The summed E-state index contributed by atoms with van der Waals surface area (Å²) in [4.78, 5) is 9.24. The topological polar surface area (TPSA) is 30.9 Å². The summed E-state index contributed by atoms with van der Waals surface area (Å²) < 4.78 is 0. The number of hydrogen-bond acceptors (Lipinski definition) is 3. The molecule has 1 rings (SSSR count). The smallest absolute Gasteiger partial charge is 0.193 e. The molecule has 112 valence electrons. The summed E-state index contributed by atoms with van der Waals surface area (Å²) >= 11 is 1.90. The number of aliphatic imine (C=N–C) groups is 1. The molecule has 1 fully saturated rings. The van der Waals surface area contributed by atoms with Crippen molar-refractivity contribution in [3.63, 3.8) is 0 Å². The van der Waals surface area contributed by atoms with Gasteiger partial charge in [0.1, 0.15) is 0 Å². The largest absolute Gasteiger partial charge is 0.356 e. The third kappa shape index (κ3) is 5.61. The third-order valence-electron chi connectivity index (χ3n) is 3.77. The lowest BCUT2D eigenvalue weighted by molar-refractivity contribution is 0.233. The van der Waals surface area contributed by atoms with E-state index < -0.39 is 0 Å². The Hall–Kier alpha value is -0.420. The van der Waals surface area contributed by atoms with E-state index in [4.69, 9.17) is 0 Å². The molecule has 0 spiro atoms. The highest BCUT2D eigenvalue weighted by atomic mass is 32.2. The van der Waals surface area contributed by atoms with Gasteiger partial charge in [0.05, 0.1) is 0 Å². The molecule has 0 aliphatic carbocycles.